The number of aromatic nitrogens is 3. The van der Waals surface area contributed by atoms with Crippen molar-refractivity contribution in [3.63, 3.8) is 0 Å². The maximum absolute atomic E-state index is 14.9. The molecule has 0 radical (unpaired) electrons. The van der Waals surface area contributed by atoms with Crippen LogP contribution in [0.2, 0.25) is 0 Å². The predicted octanol–water partition coefficient (Wildman–Crippen LogP) is 7.75. The predicted molar refractivity (Wildman–Crippen MR) is 186 cm³/mol. The van der Waals surface area contributed by atoms with Crippen LogP contribution in [-0.2, 0) is 21.9 Å². The van der Waals surface area contributed by atoms with Gasteiger partial charge in [-0.1, -0.05) is 53.7 Å². The highest BCUT2D eigenvalue weighted by Crippen LogP contribution is 2.27. The number of amides is 1. The molecule has 7 nitrogen and oxygen atoms in total. The van der Waals surface area contributed by atoms with Crippen LogP contribution in [0.5, 0.6) is 0 Å². The SMILES string of the molecule is CC(C)(C)c1cc(C(C)(C)N)ccn1.CC(C)(C)c1cc(C(C)(C)NC(=O)c2cc3[nH]c4ccccc4c(=O)c3cc2F)ccn1. The van der Waals surface area contributed by atoms with E-state index < -0.39 is 17.3 Å². The van der Waals surface area contributed by atoms with Crippen LogP contribution in [-0.4, -0.2) is 20.9 Å². The first-order valence-electron chi connectivity index (χ1n) is 15.5. The van der Waals surface area contributed by atoms with E-state index in [0.717, 1.165) is 28.6 Å². The van der Waals surface area contributed by atoms with Crippen molar-refractivity contribution in [3.05, 3.63) is 117 Å². The van der Waals surface area contributed by atoms with Crippen LogP contribution in [0.1, 0.15) is 102 Å². The molecular formula is C38H46FN5O2. The van der Waals surface area contributed by atoms with Crippen molar-refractivity contribution in [3.8, 4) is 0 Å². The fourth-order valence-corrected chi connectivity index (χ4v) is 5.01. The van der Waals surface area contributed by atoms with E-state index in [1.165, 1.54) is 6.07 Å². The summed E-state index contributed by atoms with van der Waals surface area (Å²) in [5, 5.41) is 3.61. The van der Waals surface area contributed by atoms with Crippen molar-refractivity contribution in [2.24, 2.45) is 5.73 Å². The number of hydrogen-bond acceptors (Lipinski definition) is 5. The summed E-state index contributed by atoms with van der Waals surface area (Å²) in [6, 6.07) is 17.4. The largest absolute Gasteiger partial charge is 0.354 e. The Labute approximate surface area is 270 Å². The van der Waals surface area contributed by atoms with Crippen molar-refractivity contribution in [1.82, 2.24) is 20.3 Å². The summed E-state index contributed by atoms with van der Waals surface area (Å²) >= 11 is 0. The van der Waals surface area contributed by atoms with Crippen molar-refractivity contribution in [1.29, 1.82) is 0 Å². The Morgan fingerprint density at radius 3 is 1.85 bits per heavy atom. The van der Waals surface area contributed by atoms with Gasteiger partial charge in [-0.2, -0.15) is 0 Å². The van der Waals surface area contributed by atoms with E-state index in [1.807, 2.05) is 58.2 Å². The van der Waals surface area contributed by atoms with E-state index in [1.54, 1.807) is 24.4 Å². The fourth-order valence-electron chi connectivity index (χ4n) is 5.01. The third-order valence-electron chi connectivity index (χ3n) is 7.99. The zero-order valence-electron chi connectivity index (χ0n) is 28.6. The molecule has 0 aliphatic heterocycles. The molecular weight excluding hydrogens is 577 g/mol. The molecule has 8 heteroatoms. The maximum Gasteiger partial charge on any atom is 0.255 e. The highest BCUT2D eigenvalue weighted by Gasteiger charge is 2.27. The van der Waals surface area contributed by atoms with Gasteiger partial charge < -0.3 is 16.0 Å². The van der Waals surface area contributed by atoms with Crippen LogP contribution < -0.4 is 16.5 Å². The summed E-state index contributed by atoms with van der Waals surface area (Å²) < 4.78 is 14.9. The van der Waals surface area contributed by atoms with Crippen molar-refractivity contribution >= 4 is 27.7 Å². The smallest absolute Gasteiger partial charge is 0.255 e. The number of aromatic amines is 1. The number of halogens is 1. The van der Waals surface area contributed by atoms with Gasteiger partial charge in [-0.15, -0.1) is 0 Å². The monoisotopic (exact) mass is 623 g/mol. The number of rotatable bonds is 4. The zero-order chi connectivity index (χ0) is 34.2. The summed E-state index contributed by atoms with van der Waals surface area (Å²) in [6.45, 7) is 20.4. The molecule has 0 bridgehead atoms. The average Bonchev–Trinajstić information content (AvgIpc) is 2.96. The van der Waals surface area contributed by atoms with E-state index in [2.05, 4.69) is 67.9 Å². The molecule has 0 saturated heterocycles. The van der Waals surface area contributed by atoms with Gasteiger partial charge in [0.1, 0.15) is 5.82 Å². The number of benzene rings is 2. The lowest BCUT2D eigenvalue weighted by Crippen LogP contribution is -2.41. The number of pyridine rings is 3. The summed E-state index contributed by atoms with van der Waals surface area (Å²) in [4.78, 5) is 37.8. The van der Waals surface area contributed by atoms with E-state index in [0.29, 0.717) is 16.4 Å². The minimum atomic E-state index is -0.766. The second kappa shape index (κ2) is 12.4. The molecule has 0 aliphatic rings. The van der Waals surface area contributed by atoms with Crippen LogP contribution in [0.4, 0.5) is 4.39 Å². The Balaban J connectivity index is 0.000000288. The molecule has 0 aliphatic carbocycles. The Hall–Kier alpha value is -4.43. The van der Waals surface area contributed by atoms with E-state index in [-0.39, 0.29) is 32.7 Å². The lowest BCUT2D eigenvalue weighted by molar-refractivity contribution is 0.0908. The average molecular weight is 624 g/mol. The maximum atomic E-state index is 14.9. The molecule has 0 fully saturated rings. The van der Waals surface area contributed by atoms with E-state index in [9.17, 15) is 14.0 Å². The van der Waals surface area contributed by atoms with Crippen molar-refractivity contribution in [2.75, 3.05) is 0 Å². The minimum absolute atomic E-state index is 0.0846. The Bertz CT molecular complexity index is 1930. The van der Waals surface area contributed by atoms with Gasteiger partial charge in [-0.25, -0.2) is 4.39 Å². The Morgan fingerprint density at radius 2 is 1.28 bits per heavy atom. The Kier molecular flexibility index (Phi) is 9.29. The molecule has 242 valence electrons. The summed E-state index contributed by atoms with van der Waals surface area (Å²) in [5.74, 6) is -1.30. The Morgan fingerprint density at radius 1 is 0.739 bits per heavy atom. The van der Waals surface area contributed by atoms with E-state index >= 15 is 0 Å². The van der Waals surface area contributed by atoms with Gasteiger partial charge in [0, 0.05) is 56.4 Å². The number of nitrogens with two attached hydrogens (primary N) is 1. The molecule has 1 amide bonds. The van der Waals surface area contributed by atoms with Gasteiger partial charge in [0.05, 0.1) is 16.6 Å². The van der Waals surface area contributed by atoms with Crippen molar-refractivity contribution < 1.29 is 9.18 Å². The molecule has 0 atom stereocenters. The first kappa shape index (κ1) is 34.4. The molecule has 2 aromatic carbocycles. The first-order valence-corrected chi connectivity index (χ1v) is 15.5. The zero-order valence-corrected chi connectivity index (χ0v) is 28.6. The topological polar surface area (TPSA) is 114 Å². The molecule has 3 heterocycles. The number of fused-ring (bicyclic) bond motifs is 2. The van der Waals surface area contributed by atoms with Gasteiger partial charge in [0.15, 0.2) is 5.43 Å². The standard InChI is InChI=1S/C26H26FN3O2.C12H20N2/c1-25(2,3)22-12-15(10-11-28-22)26(4,5)30-24(32)17-14-21-18(13-19(17)27)23(31)16-8-6-7-9-20(16)29-21;1-11(2,3)10-8-9(6-7-14-10)12(4,5)13/h6-14H,1-5H3,(H,29,31)(H,30,32);6-8H,13H2,1-5H3. The van der Waals surface area contributed by atoms with Gasteiger partial charge in [-0.05, 0) is 87.4 Å². The third-order valence-corrected chi connectivity index (χ3v) is 7.99. The van der Waals surface area contributed by atoms with Gasteiger partial charge >= 0.3 is 0 Å². The molecule has 0 saturated carbocycles. The molecule has 5 rings (SSSR count). The normalized spacial score (nSPS) is 12.5. The van der Waals surface area contributed by atoms with Crippen LogP contribution >= 0.6 is 0 Å². The number of hydrogen-bond donors (Lipinski definition) is 3. The number of nitrogens with zero attached hydrogens (tertiary/aromatic N) is 2. The van der Waals surface area contributed by atoms with E-state index in [4.69, 9.17) is 5.73 Å². The molecule has 0 unspecified atom stereocenters. The van der Waals surface area contributed by atoms with Crippen LogP contribution in [0, 0.1) is 5.82 Å². The van der Waals surface area contributed by atoms with Crippen LogP contribution in [0.3, 0.4) is 0 Å². The second-order valence-electron chi connectivity index (χ2n) is 15.0. The first-order chi connectivity index (χ1) is 21.2. The number of para-hydroxylation sites is 1. The lowest BCUT2D eigenvalue weighted by Gasteiger charge is -2.29. The van der Waals surface area contributed by atoms with Crippen molar-refractivity contribution in [2.45, 2.75) is 91.1 Å². The summed E-state index contributed by atoms with van der Waals surface area (Å²) in [6.07, 6.45) is 3.56. The number of H-pyrrole nitrogens is 1. The minimum Gasteiger partial charge on any atom is -0.354 e. The fraction of sp³-hybridized carbons (Fsp3) is 0.368. The second-order valence-corrected chi connectivity index (χ2v) is 15.0. The summed E-state index contributed by atoms with van der Waals surface area (Å²) in [5.41, 5.74) is 9.58. The highest BCUT2D eigenvalue weighted by molar-refractivity contribution is 6.00. The number of carbonyl (C=O) groups is 1. The van der Waals surface area contributed by atoms with Gasteiger partial charge in [0.25, 0.3) is 5.91 Å². The molecule has 4 N–H and O–H groups in total. The van der Waals surface area contributed by atoms with Gasteiger partial charge in [-0.3, -0.25) is 19.6 Å². The van der Waals surface area contributed by atoms with Crippen LogP contribution in [0.25, 0.3) is 21.8 Å². The molecule has 46 heavy (non-hydrogen) atoms. The molecule has 0 spiro atoms. The third kappa shape index (κ3) is 7.68. The lowest BCUT2D eigenvalue weighted by atomic mass is 9.87. The quantitative estimate of drug-likeness (QED) is 0.177. The summed E-state index contributed by atoms with van der Waals surface area (Å²) in [7, 11) is 0. The van der Waals surface area contributed by atoms with Gasteiger partial charge in [0.2, 0.25) is 0 Å². The molecule has 5 aromatic rings. The highest BCUT2D eigenvalue weighted by atomic mass is 19.1. The number of nitrogens with one attached hydrogen (secondary N) is 2. The number of carbonyl (C=O) groups excluding carboxylic acids is 1. The van der Waals surface area contributed by atoms with Crippen LogP contribution in [0.15, 0.2) is 77.9 Å². The molecule has 3 aromatic heterocycles.